The normalized spacial score (nSPS) is 11.4. The predicted octanol–water partition coefficient (Wildman–Crippen LogP) is 3.12. The van der Waals surface area contributed by atoms with Crippen molar-refractivity contribution >= 4 is 38.4 Å². The minimum Gasteiger partial charge on any atom is -0.462 e. The van der Waals surface area contributed by atoms with E-state index in [1.165, 1.54) is 12.1 Å². The van der Waals surface area contributed by atoms with E-state index in [1.54, 1.807) is 26.8 Å². The Morgan fingerprint density at radius 3 is 2.55 bits per heavy atom. The molecule has 2 rings (SSSR count). The van der Waals surface area contributed by atoms with E-state index < -0.39 is 16.0 Å². The van der Waals surface area contributed by atoms with Gasteiger partial charge in [0.25, 0.3) is 15.9 Å². The summed E-state index contributed by atoms with van der Waals surface area (Å²) in [5, 5.41) is 2.84. The molecule has 29 heavy (non-hydrogen) atoms. The largest absolute Gasteiger partial charge is 0.462 e. The number of aromatic nitrogens is 1. The molecule has 0 unspecified atom stereocenters. The Hall–Kier alpha value is -2.46. The smallest absolute Gasteiger partial charge is 0.350 e. The first kappa shape index (κ1) is 22.8. The molecule has 1 amide bonds. The van der Waals surface area contributed by atoms with Crippen molar-refractivity contribution in [3.05, 3.63) is 39.9 Å². The fourth-order valence-electron chi connectivity index (χ4n) is 2.40. The zero-order valence-corrected chi connectivity index (χ0v) is 18.7. The summed E-state index contributed by atoms with van der Waals surface area (Å²) in [6, 6.07) is 4.33. The molecule has 1 aromatic heterocycles. The van der Waals surface area contributed by atoms with Gasteiger partial charge in [-0.25, -0.2) is 18.2 Å². The van der Waals surface area contributed by atoms with Gasteiger partial charge in [0.1, 0.15) is 4.88 Å². The van der Waals surface area contributed by atoms with Crippen LogP contribution in [0.1, 0.15) is 52.1 Å². The predicted molar refractivity (Wildman–Crippen MR) is 112 cm³/mol. The molecule has 1 aromatic carbocycles. The Morgan fingerprint density at radius 1 is 1.24 bits per heavy atom. The first-order chi connectivity index (χ1) is 13.5. The molecule has 1 heterocycles. The van der Waals surface area contributed by atoms with E-state index in [9.17, 15) is 18.0 Å². The molecular formula is C19H25N3O5S2. The van der Waals surface area contributed by atoms with Gasteiger partial charge in [-0.05, 0) is 44.4 Å². The number of anilines is 1. The van der Waals surface area contributed by atoms with Crippen LogP contribution in [0.2, 0.25) is 0 Å². The van der Waals surface area contributed by atoms with E-state index >= 15 is 0 Å². The molecule has 0 fully saturated rings. The van der Waals surface area contributed by atoms with Crippen molar-refractivity contribution in [2.75, 3.05) is 17.9 Å². The molecule has 0 spiro atoms. The number of aryl methyl sites for hydroxylation is 2. The fraction of sp³-hybridized carbons (Fsp3) is 0.421. The number of rotatable bonds is 8. The quantitative estimate of drug-likeness (QED) is 0.611. The summed E-state index contributed by atoms with van der Waals surface area (Å²) in [5.41, 5.74) is 1.33. The van der Waals surface area contributed by atoms with E-state index in [0.29, 0.717) is 17.8 Å². The maximum absolute atomic E-state index is 12.8. The Balaban J connectivity index is 2.28. The number of carbonyl (C=O) groups excluding carboxylic acids is 2. The summed E-state index contributed by atoms with van der Waals surface area (Å²) < 4.78 is 32.9. The molecule has 0 atom stereocenters. The third-order valence-electron chi connectivity index (χ3n) is 3.91. The van der Waals surface area contributed by atoms with E-state index in [0.717, 1.165) is 11.3 Å². The van der Waals surface area contributed by atoms with Crippen LogP contribution in [0.5, 0.6) is 0 Å². The van der Waals surface area contributed by atoms with Gasteiger partial charge in [0.2, 0.25) is 0 Å². The molecule has 0 aliphatic heterocycles. The first-order valence-electron chi connectivity index (χ1n) is 9.11. The van der Waals surface area contributed by atoms with Gasteiger partial charge in [-0.1, -0.05) is 31.3 Å². The SMILES string of the molecule is CCOC(=O)c1sc(NS(=O)(=O)c2ccc(C)c(C(=O)NCC(C)C)c2)nc1C. The third kappa shape index (κ3) is 5.77. The second-order valence-corrected chi connectivity index (χ2v) is 9.52. The lowest BCUT2D eigenvalue weighted by atomic mass is 10.1. The number of nitrogens with zero attached hydrogens (tertiary/aromatic N) is 1. The molecule has 0 saturated carbocycles. The van der Waals surface area contributed by atoms with Crippen molar-refractivity contribution in [3.63, 3.8) is 0 Å². The maximum Gasteiger partial charge on any atom is 0.350 e. The number of esters is 1. The molecule has 0 radical (unpaired) electrons. The molecular weight excluding hydrogens is 414 g/mol. The van der Waals surface area contributed by atoms with E-state index in [-0.39, 0.29) is 38.9 Å². The lowest BCUT2D eigenvalue weighted by molar-refractivity contribution is 0.0531. The average Bonchev–Trinajstić information content (AvgIpc) is 2.99. The zero-order valence-electron chi connectivity index (χ0n) is 17.0. The van der Waals surface area contributed by atoms with Crippen LogP contribution >= 0.6 is 11.3 Å². The number of nitrogens with one attached hydrogen (secondary N) is 2. The minimum absolute atomic E-state index is 0.0527. The highest BCUT2D eigenvalue weighted by atomic mass is 32.2. The summed E-state index contributed by atoms with van der Waals surface area (Å²) in [6.45, 7) is 9.67. The summed E-state index contributed by atoms with van der Waals surface area (Å²) in [5.74, 6) is -0.607. The number of amides is 1. The van der Waals surface area contributed by atoms with Crippen LogP contribution in [0.15, 0.2) is 23.1 Å². The highest BCUT2D eigenvalue weighted by Crippen LogP contribution is 2.26. The van der Waals surface area contributed by atoms with Gasteiger partial charge in [0.05, 0.1) is 17.2 Å². The average molecular weight is 440 g/mol. The highest BCUT2D eigenvalue weighted by molar-refractivity contribution is 7.93. The molecule has 2 N–H and O–H groups in total. The van der Waals surface area contributed by atoms with Gasteiger partial charge < -0.3 is 10.1 Å². The molecule has 0 aliphatic carbocycles. The van der Waals surface area contributed by atoms with Crippen LogP contribution in [-0.4, -0.2) is 38.4 Å². The van der Waals surface area contributed by atoms with Crippen molar-refractivity contribution in [2.45, 2.75) is 39.5 Å². The molecule has 8 nitrogen and oxygen atoms in total. The van der Waals surface area contributed by atoms with Crippen molar-refractivity contribution in [2.24, 2.45) is 5.92 Å². The van der Waals surface area contributed by atoms with E-state index in [4.69, 9.17) is 4.74 Å². The summed E-state index contributed by atoms with van der Waals surface area (Å²) in [4.78, 5) is 28.6. The lowest BCUT2D eigenvalue weighted by Gasteiger charge is -2.12. The number of benzene rings is 1. The van der Waals surface area contributed by atoms with Crippen molar-refractivity contribution < 1.29 is 22.7 Å². The van der Waals surface area contributed by atoms with Crippen LogP contribution < -0.4 is 10.0 Å². The summed E-state index contributed by atoms with van der Waals surface area (Å²) in [7, 11) is -3.99. The fourth-order valence-corrected chi connectivity index (χ4v) is 4.53. The van der Waals surface area contributed by atoms with Gasteiger partial charge >= 0.3 is 5.97 Å². The maximum atomic E-state index is 12.8. The van der Waals surface area contributed by atoms with E-state index in [2.05, 4.69) is 15.0 Å². The van der Waals surface area contributed by atoms with Crippen molar-refractivity contribution in [1.82, 2.24) is 10.3 Å². The van der Waals surface area contributed by atoms with Crippen LogP contribution in [0, 0.1) is 19.8 Å². The van der Waals surface area contributed by atoms with Gasteiger partial charge in [-0.2, -0.15) is 0 Å². The third-order valence-corrected chi connectivity index (χ3v) is 6.43. The highest BCUT2D eigenvalue weighted by Gasteiger charge is 2.22. The van der Waals surface area contributed by atoms with Crippen LogP contribution in [0.4, 0.5) is 5.13 Å². The Bertz CT molecular complexity index is 1010. The van der Waals surface area contributed by atoms with Gasteiger partial charge in [-0.15, -0.1) is 0 Å². The van der Waals surface area contributed by atoms with Crippen LogP contribution in [0.25, 0.3) is 0 Å². The molecule has 0 aliphatic rings. The van der Waals surface area contributed by atoms with Crippen molar-refractivity contribution in [1.29, 1.82) is 0 Å². The zero-order chi connectivity index (χ0) is 21.8. The number of thiazole rings is 1. The number of carbonyl (C=O) groups is 2. The lowest BCUT2D eigenvalue weighted by Crippen LogP contribution is -2.28. The molecule has 0 bridgehead atoms. The summed E-state index contributed by atoms with van der Waals surface area (Å²) in [6.07, 6.45) is 0. The van der Waals surface area contributed by atoms with Gasteiger partial charge in [0.15, 0.2) is 5.13 Å². The monoisotopic (exact) mass is 439 g/mol. The number of sulfonamides is 1. The number of ether oxygens (including phenoxy) is 1. The molecule has 10 heteroatoms. The Kier molecular flexibility index (Phi) is 7.37. The number of hydrogen-bond donors (Lipinski definition) is 2. The number of hydrogen-bond acceptors (Lipinski definition) is 7. The minimum atomic E-state index is -3.99. The van der Waals surface area contributed by atoms with Crippen LogP contribution in [0.3, 0.4) is 0 Å². The van der Waals surface area contributed by atoms with Gasteiger partial charge in [0, 0.05) is 12.1 Å². The van der Waals surface area contributed by atoms with Gasteiger partial charge in [-0.3, -0.25) is 9.52 Å². The summed E-state index contributed by atoms with van der Waals surface area (Å²) >= 11 is 0.899. The molecule has 0 saturated heterocycles. The van der Waals surface area contributed by atoms with Crippen LogP contribution in [-0.2, 0) is 14.8 Å². The Labute approximate surface area is 174 Å². The second kappa shape index (κ2) is 9.36. The first-order valence-corrected chi connectivity index (χ1v) is 11.4. The van der Waals surface area contributed by atoms with Crippen molar-refractivity contribution in [3.8, 4) is 0 Å². The molecule has 2 aromatic rings. The standard InChI is InChI=1S/C19H25N3O5S2/c1-6-27-18(24)16-13(5)21-19(28-16)22-29(25,26)14-8-7-12(4)15(9-14)17(23)20-10-11(2)3/h7-9,11H,6,10H2,1-5H3,(H,20,23)(H,21,22). The van der Waals surface area contributed by atoms with E-state index in [1.807, 2.05) is 13.8 Å². The second-order valence-electron chi connectivity index (χ2n) is 6.84. The molecule has 158 valence electrons. The topological polar surface area (TPSA) is 114 Å². The Morgan fingerprint density at radius 2 is 1.93 bits per heavy atom.